The molecule has 3 heteroatoms. The summed E-state index contributed by atoms with van der Waals surface area (Å²) in [5.74, 6) is 1.46. The molecule has 0 amide bonds. The number of aliphatic imine (C=N–C) groups is 1. The third-order valence-corrected chi connectivity index (χ3v) is 2.40. The minimum Gasteiger partial charge on any atom is -0.494 e. The van der Waals surface area contributed by atoms with E-state index >= 15 is 0 Å². The first-order valence-electron chi connectivity index (χ1n) is 5.50. The van der Waals surface area contributed by atoms with E-state index in [0.717, 1.165) is 12.2 Å². The van der Waals surface area contributed by atoms with Crippen molar-refractivity contribution in [1.82, 2.24) is 0 Å². The van der Waals surface area contributed by atoms with Crippen LogP contribution in [0.3, 0.4) is 0 Å². The molecule has 0 saturated heterocycles. The largest absolute Gasteiger partial charge is 0.494 e. The molecule has 0 aliphatic carbocycles. The minimum atomic E-state index is 0.531. The highest BCUT2D eigenvalue weighted by atomic mass is 32.1. The Kier molecular flexibility index (Phi) is 5.76. The standard InChI is InChI=1S/C13H17NOS/c1-11(2)12-5-3-6-13(9-12)15-8-4-7-14-10-16/h3,5-6,9,11H,4,7-8H2,1-2H3. The third-order valence-electron chi connectivity index (χ3n) is 2.27. The van der Waals surface area contributed by atoms with E-state index in [1.54, 1.807) is 0 Å². The molecule has 2 nitrogen and oxygen atoms in total. The van der Waals surface area contributed by atoms with Crippen molar-refractivity contribution < 1.29 is 4.74 Å². The number of ether oxygens (including phenoxy) is 1. The van der Waals surface area contributed by atoms with E-state index < -0.39 is 0 Å². The van der Waals surface area contributed by atoms with Crippen molar-refractivity contribution in [1.29, 1.82) is 0 Å². The van der Waals surface area contributed by atoms with Gasteiger partial charge in [-0.05, 0) is 35.8 Å². The van der Waals surface area contributed by atoms with Crippen LogP contribution in [0, 0.1) is 0 Å². The highest BCUT2D eigenvalue weighted by Crippen LogP contribution is 2.20. The second-order valence-electron chi connectivity index (χ2n) is 3.90. The summed E-state index contributed by atoms with van der Waals surface area (Å²) in [5.41, 5.74) is 1.30. The zero-order chi connectivity index (χ0) is 11.8. The fourth-order valence-corrected chi connectivity index (χ4v) is 1.43. The van der Waals surface area contributed by atoms with Crippen LogP contribution < -0.4 is 4.74 Å². The molecule has 0 unspecified atom stereocenters. The molecule has 0 aliphatic heterocycles. The first-order chi connectivity index (χ1) is 7.74. The van der Waals surface area contributed by atoms with Crippen LogP contribution in [0.4, 0.5) is 0 Å². The highest BCUT2D eigenvalue weighted by Gasteiger charge is 2.00. The molecular weight excluding hydrogens is 218 g/mol. The Morgan fingerprint density at radius 2 is 2.25 bits per heavy atom. The third kappa shape index (κ3) is 4.56. The Morgan fingerprint density at radius 1 is 1.44 bits per heavy atom. The van der Waals surface area contributed by atoms with E-state index in [9.17, 15) is 0 Å². The average Bonchev–Trinajstić information content (AvgIpc) is 2.29. The van der Waals surface area contributed by atoms with Crippen LogP contribution in [0.15, 0.2) is 29.3 Å². The maximum atomic E-state index is 5.62. The van der Waals surface area contributed by atoms with Gasteiger partial charge in [0.2, 0.25) is 0 Å². The molecule has 0 bridgehead atoms. The number of hydrogen-bond donors (Lipinski definition) is 0. The summed E-state index contributed by atoms with van der Waals surface area (Å²) < 4.78 is 5.62. The van der Waals surface area contributed by atoms with Crippen molar-refractivity contribution in [2.45, 2.75) is 26.2 Å². The lowest BCUT2D eigenvalue weighted by Crippen LogP contribution is -1.99. The maximum absolute atomic E-state index is 5.62. The van der Waals surface area contributed by atoms with E-state index in [1.165, 1.54) is 5.56 Å². The quantitative estimate of drug-likeness (QED) is 0.426. The van der Waals surface area contributed by atoms with Gasteiger partial charge in [0, 0.05) is 6.42 Å². The Labute approximate surface area is 102 Å². The molecule has 1 aromatic carbocycles. The molecule has 0 heterocycles. The fourth-order valence-electron chi connectivity index (χ4n) is 1.34. The van der Waals surface area contributed by atoms with Gasteiger partial charge in [-0.3, -0.25) is 0 Å². The van der Waals surface area contributed by atoms with Crippen molar-refractivity contribution >= 4 is 17.4 Å². The molecule has 16 heavy (non-hydrogen) atoms. The van der Waals surface area contributed by atoms with Crippen molar-refractivity contribution in [3.63, 3.8) is 0 Å². The molecule has 0 spiro atoms. The van der Waals surface area contributed by atoms with Crippen LogP contribution in [0.25, 0.3) is 0 Å². The number of benzene rings is 1. The second kappa shape index (κ2) is 7.15. The summed E-state index contributed by atoms with van der Waals surface area (Å²) in [5, 5.41) is 2.34. The van der Waals surface area contributed by atoms with Crippen molar-refractivity contribution in [3.05, 3.63) is 29.8 Å². The Morgan fingerprint density at radius 3 is 2.94 bits per heavy atom. The van der Waals surface area contributed by atoms with Crippen LogP contribution in [-0.2, 0) is 0 Å². The summed E-state index contributed by atoms with van der Waals surface area (Å²) >= 11 is 4.48. The van der Waals surface area contributed by atoms with E-state index in [0.29, 0.717) is 19.1 Å². The lowest BCUT2D eigenvalue weighted by atomic mass is 10.0. The summed E-state index contributed by atoms with van der Waals surface area (Å²) in [7, 11) is 0. The van der Waals surface area contributed by atoms with Crippen molar-refractivity contribution in [2.75, 3.05) is 13.2 Å². The van der Waals surface area contributed by atoms with Crippen LogP contribution in [0.2, 0.25) is 0 Å². The molecule has 0 atom stereocenters. The van der Waals surface area contributed by atoms with Crippen molar-refractivity contribution in [3.8, 4) is 5.75 Å². The number of hydrogen-bond acceptors (Lipinski definition) is 3. The lowest BCUT2D eigenvalue weighted by molar-refractivity contribution is 0.313. The molecule has 1 aromatic rings. The highest BCUT2D eigenvalue weighted by molar-refractivity contribution is 7.78. The first-order valence-corrected chi connectivity index (χ1v) is 5.91. The second-order valence-corrected chi connectivity index (χ2v) is 4.08. The zero-order valence-corrected chi connectivity index (χ0v) is 10.6. The molecule has 86 valence electrons. The van der Waals surface area contributed by atoms with Gasteiger partial charge < -0.3 is 4.74 Å². The van der Waals surface area contributed by atoms with Gasteiger partial charge in [-0.15, -0.1) is 0 Å². The van der Waals surface area contributed by atoms with Gasteiger partial charge in [-0.2, -0.15) is 0 Å². The molecule has 0 aromatic heterocycles. The normalized spacial score (nSPS) is 9.94. The van der Waals surface area contributed by atoms with E-state index in [-0.39, 0.29) is 0 Å². The number of thiocarbonyl (C=S) groups is 1. The summed E-state index contributed by atoms with van der Waals surface area (Å²) in [6.45, 7) is 5.70. The predicted octanol–water partition coefficient (Wildman–Crippen LogP) is 3.68. The Balaban J connectivity index is 2.41. The zero-order valence-electron chi connectivity index (χ0n) is 9.77. The van der Waals surface area contributed by atoms with E-state index in [2.05, 4.69) is 48.4 Å². The molecule has 0 radical (unpaired) electrons. The number of nitrogens with zero attached hydrogens (tertiary/aromatic N) is 1. The molecular formula is C13H17NOS. The van der Waals surface area contributed by atoms with Crippen LogP contribution in [0.1, 0.15) is 31.7 Å². The Bertz CT molecular complexity index is 370. The van der Waals surface area contributed by atoms with Gasteiger partial charge in [0.25, 0.3) is 0 Å². The van der Waals surface area contributed by atoms with E-state index in [1.807, 2.05) is 12.1 Å². The van der Waals surface area contributed by atoms with Crippen molar-refractivity contribution in [2.24, 2.45) is 4.99 Å². The molecule has 1 rings (SSSR count). The summed E-state index contributed by atoms with van der Waals surface area (Å²) in [6, 6.07) is 8.22. The Hall–Kier alpha value is -1.18. The number of isothiocyanates is 1. The first kappa shape index (κ1) is 12.9. The molecule has 0 fully saturated rings. The monoisotopic (exact) mass is 235 g/mol. The summed E-state index contributed by atoms with van der Waals surface area (Å²) in [4.78, 5) is 3.83. The maximum Gasteiger partial charge on any atom is 0.119 e. The average molecular weight is 235 g/mol. The minimum absolute atomic E-state index is 0.531. The van der Waals surface area contributed by atoms with Gasteiger partial charge in [-0.25, -0.2) is 4.99 Å². The van der Waals surface area contributed by atoms with Gasteiger partial charge in [0.15, 0.2) is 0 Å². The van der Waals surface area contributed by atoms with Gasteiger partial charge >= 0.3 is 0 Å². The van der Waals surface area contributed by atoms with Crippen LogP contribution in [-0.4, -0.2) is 18.3 Å². The smallest absolute Gasteiger partial charge is 0.119 e. The summed E-state index contributed by atoms with van der Waals surface area (Å²) in [6.07, 6.45) is 0.871. The lowest BCUT2D eigenvalue weighted by Gasteiger charge is -2.09. The predicted molar refractivity (Wildman–Crippen MR) is 70.5 cm³/mol. The fraction of sp³-hybridized carbons (Fsp3) is 0.462. The van der Waals surface area contributed by atoms with Gasteiger partial charge in [-0.1, -0.05) is 26.0 Å². The van der Waals surface area contributed by atoms with E-state index in [4.69, 9.17) is 4.74 Å². The van der Waals surface area contributed by atoms with Crippen LogP contribution >= 0.6 is 12.2 Å². The SMILES string of the molecule is CC(C)c1cccc(OCCCN=C=S)c1. The molecule has 0 aliphatic rings. The molecule has 0 N–H and O–H groups in total. The van der Waals surface area contributed by atoms with Gasteiger partial charge in [0.05, 0.1) is 18.3 Å². The molecule has 0 saturated carbocycles. The topological polar surface area (TPSA) is 21.6 Å². The van der Waals surface area contributed by atoms with Crippen LogP contribution in [0.5, 0.6) is 5.75 Å². The number of rotatable bonds is 6. The van der Waals surface area contributed by atoms with Gasteiger partial charge in [0.1, 0.15) is 5.75 Å².